The Morgan fingerprint density at radius 1 is 0.826 bits per heavy atom. The molecule has 0 aliphatic rings. The van der Waals surface area contributed by atoms with Crippen LogP contribution in [0.4, 0.5) is 0 Å². The van der Waals surface area contributed by atoms with E-state index in [0.29, 0.717) is 0 Å². The Kier molecular flexibility index (Phi) is 4.98. The standard InChI is InChI=1S/C22H31N/c1-8-21(4,5)18-14-20(17-12-10-16(3)11-13-17)23-15-19(18)22(6,7)9-2/h10-15H,8-9H2,1-7H3. The van der Waals surface area contributed by atoms with E-state index in [4.69, 9.17) is 4.98 Å². The van der Waals surface area contributed by atoms with Crippen molar-refractivity contribution >= 4 is 0 Å². The molecule has 1 nitrogen and oxygen atoms in total. The maximum absolute atomic E-state index is 4.80. The Balaban J connectivity index is 2.62. The molecule has 0 spiro atoms. The second kappa shape index (κ2) is 6.47. The predicted molar refractivity (Wildman–Crippen MR) is 101 cm³/mol. The zero-order chi connectivity index (χ0) is 17.3. The van der Waals surface area contributed by atoms with Crippen LogP contribution in [0.3, 0.4) is 0 Å². The third kappa shape index (κ3) is 3.65. The van der Waals surface area contributed by atoms with Crippen LogP contribution in [0, 0.1) is 6.92 Å². The van der Waals surface area contributed by atoms with Crippen LogP contribution in [0.1, 0.15) is 71.1 Å². The van der Waals surface area contributed by atoms with E-state index in [9.17, 15) is 0 Å². The summed E-state index contributed by atoms with van der Waals surface area (Å²) in [6.07, 6.45) is 4.36. The Morgan fingerprint density at radius 2 is 1.35 bits per heavy atom. The molecule has 1 heteroatoms. The van der Waals surface area contributed by atoms with Crippen LogP contribution in [0.25, 0.3) is 11.3 Å². The molecule has 0 unspecified atom stereocenters. The number of nitrogens with zero attached hydrogens (tertiary/aromatic N) is 1. The van der Waals surface area contributed by atoms with Crippen molar-refractivity contribution in [3.8, 4) is 11.3 Å². The molecule has 0 amide bonds. The minimum atomic E-state index is 0.153. The van der Waals surface area contributed by atoms with Gasteiger partial charge in [0, 0.05) is 11.8 Å². The number of aryl methyl sites for hydroxylation is 1. The fourth-order valence-electron chi connectivity index (χ4n) is 2.82. The van der Waals surface area contributed by atoms with Crippen molar-refractivity contribution in [3.05, 3.63) is 53.2 Å². The van der Waals surface area contributed by atoms with E-state index in [1.807, 2.05) is 0 Å². The average Bonchev–Trinajstić information content (AvgIpc) is 2.55. The molecule has 0 fully saturated rings. The molecule has 1 aromatic heterocycles. The van der Waals surface area contributed by atoms with E-state index in [2.05, 4.69) is 85.0 Å². The van der Waals surface area contributed by atoms with E-state index in [-0.39, 0.29) is 10.8 Å². The molecular formula is C22H31N. The Labute approximate surface area is 142 Å². The van der Waals surface area contributed by atoms with Crippen molar-refractivity contribution in [2.45, 2.75) is 72.1 Å². The molecule has 124 valence electrons. The van der Waals surface area contributed by atoms with Gasteiger partial charge in [0.05, 0.1) is 5.69 Å². The van der Waals surface area contributed by atoms with Crippen molar-refractivity contribution in [3.63, 3.8) is 0 Å². The van der Waals surface area contributed by atoms with E-state index in [0.717, 1.165) is 18.5 Å². The van der Waals surface area contributed by atoms with Gasteiger partial charge in [-0.2, -0.15) is 0 Å². The fourth-order valence-corrected chi connectivity index (χ4v) is 2.82. The maximum atomic E-state index is 4.80. The summed E-state index contributed by atoms with van der Waals surface area (Å²) in [5.41, 5.74) is 6.71. The minimum absolute atomic E-state index is 0.153. The van der Waals surface area contributed by atoms with Crippen LogP contribution in [-0.4, -0.2) is 4.98 Å². The zero-order valence-electron chi connectivity index (χ0n) is 15.8. The summed E-state index contributed by atoms with van der Waals surface area (Å²) in [6, 6.07) is 11.0. The molecule has 23 heavy (non-hydrogen) atoms. The van der Waals surface area contributed by atoms with Gasteiger partial charge in [-0.25, -0.2) is 0 Å². The average molecular weight is 309 g/mol. The zero-order valence-corrected chi connectivity index (χ0v) is 15.8. The van der Waals surface area contributed by atoms with Crippen molar-refractivity contribution in [1.82, 2.24) is 4.98 Å². The first-order valence-electron chi connectivity index (χ1n) is 8.79. The van der Waals surface area contributed by atoms with Gasteiger partial charge in [0.15, 0.2) is 0 Å². The highest BCUT2D eigenvalue weighted by Crippen LogP contribution is 2.38. The van der Waals surface area contributed by atoms with Crippen molar-refractivity contribution in [2.24, 2.45) is 0 Å². The first-order valence-corrected chi connectivity index (χ1v) is 8.79. The van der Waals surface area contributed by atoms with Crippen molar-refractivity contribution in [2.75, 3.05) is 0 Å². The topological polar surface area (TPSA) is 12.9 Å². The van der Waals surface area contributed by atoms with Crippen molar-refractivity contribution < 1.29 is 0 Å². The number of pyridine rings is 1. The molecule has 0 bridgehead atoms. The smallest absolute Gasteiger partial charge is 0.0705 e. The molecular weight excluding hydrogens is 278 g/mol. The van der Waals surface area contributed by atoms with Crippen molar-refractivity contribution in [1.29, 1.82) is 0 Å². The van der Waals surface area contributed by atoms with Gasteiger partial charge in [-0.1, -0.05) is 71.4 Å². The number of rotatable bonds is 5. The van der Waals surface area contributed by atoms with Crippen LogP contribution in [0.15, 0.2) is 36.5 Å². The van der Waals surface area contributed by atoms with E-state index in [1.54, 1.807) is 0 Å². The van der Waals surface area contributed by atoms with E-state index >= 15 is 0 Å². The SMILES string of the molecule is CCC(C)(C)c1cnc(-c2ccc(C)cc2)cc1C(C)(C)CC. The summed E-state index contributed by atoms with van der Waals surface area (Å²) < 4.78 is 0. The lowest BCUT2D eigenvalue weighted by Gasteiger charge is -2.33. The quantitative estimate of drug-likeness (QED) is 0.620. The number of hydrogen-bond acceptors (Lipinski definition) is 1. The normalized spacial score (nSPS) is 12.5. The lowest BCUT2D eigenvalue weighted by atomic mass is 9.72. The summed E-state index contributed by atoms with van der Waals surface area (Å²) in [5.74, 6) is 0. The third-order valence-electron chi connectivity index (χ3n) is 5.48. The van der Waals surface area contributed by atoms with Crippen LogP contribution in [0.2, 0.25) is 0 Å². The lowest BCUT2D eigenvalue weighted by molar-refractivity contribution is 0.454. The summed E-state index contributed by atoms with van der Waals surface area (Å²) >= 11 is 0. The van der Waals surface area contributed by atoms with Gasteiger partial charge in [-0.3, -0.25) is 4.98 Å². The van der Waals surface area contributed by atoms with Crippen LogP contribution < -0.4 is 0 Å². The molecule has 0 atom stereocenters. The third-order valence-corrected chi connectivity index (χ3v) is 5.48. The first-order chi connectivity index (χ1) is 10.7. The fraction of sp³-hybridized carbons (Fsp3) is 0.500. The Hall–Kier alpha value is -1.63. The molecule has 1 heterocycles. The minimum Gasteiger partial charge on any atom is -0.256 e. The summed E-state index contributed by atoms with van der Waals surface area (Å²) in [5, 5.41) is 0. The molecule has 0 N–H and O–H groups in total. The Morgan fingerprint density at radius 3 is 1.87 bits per heavy atom. The van der Waals surface area contributed by atoms with Gasteiger partial charge in [0.25, 0.3) is 0 Å². The molecule has 0 radical (unpaired) electrons. The van der Waals surface area contributed by atoms with Crippen LogP contribution in [-0.2, 0) is 10.8 Å². The highest BCUT2D eigenvalue weighted by molar-refractivity contribution is 5.61. The number of benzene rings is 1. The molecule has 1 aromatic carbocycles. The monoisotopic (exact) mass is 309 g/mol. The van der Waals surface area contributed by atoms with Gasteiger partial charge >= 0.3 is 0 Å². The molecule has 0 aliphatic carbocycles. The predicted octanol–water partition coefficient (Wildman–Crippen LogP) is 6.43. The largest absolute Gasteiger partial charge is 0.256 e. The second-order valence-corrected chi connectivity index (χ2v) is 7.96. The van der Waals surface area contributed by atoms with Gasteiger partial charge < -0.3 is 0 Å². The molecule has 0 saturated carbocycles. The highest BCUT2D eigenvalue weighted by Gasteiger charge is 2.29. The summed E-state index contributed by atoms with van der Waals surface area (Å²) in [7, 11) is 0. The van der Waals surface area contributed by atoms with Crippen LogP contribution in [0.5, 0.6) is 0 Å². The molecule has 0 saturated heterocycles. The summed E-state index contributed by atoms with van der Waals surface area (Å²) in [6.45, 7) is 16.0. The lowest BCUT2D eigenvalue weighted by Crippen LogP contribution is -2.26. The molecule has 2 aromatic rings. The van der Waals surface area contributed by atoms with Gasteiger partial charge in [-0.05, 0) is 47.8 Å². The van der Waals surface area contributed by atoms with Gasteiger partial charge in [0.2, 0.25) is 0 Å². The number of hydrogen-bond donors (Lipinski definition) is 0. The Bertz CT molecular complexity index is 663. The molecule has 2 rings (SSSR count). The number of aromatic nitrogens is 1. The van der Waals surface area contributed by atoms with E-state index < -0.39 is 0 Å². The first kappa shape index (κ1) is 17.7. The van der Waals surface area contributed by atoms with Gasteiger partial charge in [0.1, 0.15) is 0 Å². The summed E-state index contributed by atoms with van der Waals surface area (Å²) in [4.78, 5) is 4.80. The highest BCUT2D eigenvalue weighted by atomic mass is 14.7. The van der Waals surface area contributed by atoms with E-state index in [1.165, 1.54) is 22.3 Å². The second-order valence-electron chi connectivity index (χ2n) is 7.96. The maximum Gasteiger partial charge on any atom is 0.0705 e. The molecule has 0 aliphatic heterocycles. The van der Waals surface area contributed by atoms with Crippen LogP contribution >= 0.6 is 0 Å². The van der Waals surface area contributed by atoms with Gasteiger partial charge in [-0.15, -0.1) is 0 Å².